The first-order valence-electron chi connectivity index (χ1n) is 10.1. The molecule has 0 aliphatic carbocycles. The van der Waals surface area contributed by atoms with Crippen LogP contribution in [0.15, 0.2) is 32.9 Å². The highest BCUT2D eigenvalue weighted by Crippen LogP contribution is 2.36. The number of ether oxygens (including phenoxy) is 2. The van der Waals surface area contributed by atoms with Crippen LogP contribution in [-0.4, -0.2) is 26.1 Å². The SMILES string of the molecule is [2H]c1c(C)c(CC(=O)c2sccc2S(=O)(=O)Nc2onc(C)c2Cl)c([2H])c2c1OC([2H])([2H])O2. The molecular formula is C18H15ClN2O6S2. The summed E-state index contributed by atoms with van der Waals surface area (Å²) >= 11 is 6.86. The van der Waals surface area contributed by atoms with Gasteiger partial charge < -0.3 is 14.0 Å². The van der Waals surface area contributed by atoms with Crippen LogP contribution < -0.4 is 14.2 Å². The Morgan fingerprint density at radius 3 is 2.79 bits per heavy atom. The Hall–Kier alpha value is -2.56. The normalized spacial score (nSPS) is 16.7. The Bertz CT molecular complexity index is 1400. The van der Waals surface area contributed by atoms with E-state index in [1.165, 1.54) is 25.3 Å². The molecule has 0 radical (unpaired) electrons. The Kier molecular flexibility index (Phi) is 3.88. The van der Waals surface area contributed by atoms with Crippen molar-refractivity contribution in [2.45, 2.75) is 25.2 Å². The van der Waals surface area contributed by atoms with Gasteiger partial charge in [-0.05, 0) is 48.5 Å². The predicted molar refractivity (Wildman–Crippen MR) is 107 cm³/mol. The minimum Gasteiger partial charge on any atom is -0.454 e. The molecule has 152 valence electrons. The first-order chi connectivity index (χ1) is 15.3. The lowest BCUT2D eigenvalue weighted by Gasteiger charge is -2.09. The third-order valence-corrected chi connectivity index (χ3v) is 6.94. The third kappa shape index (κ3) is 3.70. The van der Waals surface area contributed by atoms with Gasteiger partial charge in [-0.3, -0.25) is 4.79 Å². The second-order valence-corrected chi connectivity index (χ2v) is 8.97. The second kappa shape index (κ2) is 7.36. The molecule has 29 heavy (non-hydrogen) atoms. The van der Waals surface area contributed by atoms with E-state index in [4.69, 9.17) is 31.1 Å². The van der Waals surface area contributed by atoms with E-state index >= 15 is 0 Å². The minimum absolute atomic E-state index is 0.0145. The van der Waals surface area contributed by atoms with E-state index in [2.05, 4.69) is 9.88 Å². The molecule has 2 aromatic heterocycles. The van der Waals surface area contributed by atoms with Gasteiger partial charge in [-0.15, -0.1) is 11.3 Å². The summed E-state index contributed by atoms with van der Waals surface area (Å²) in [6.07, 6.45) is -0.415. The summed E-state index contributed by atoms with van der Waals surface area (Å²) in [6, 6.07) is 0.716. The van der Waals surface area contributed by atoms with E-state index < -0.39 is 29.0 Å². The lowest BCUT2D eigenvalue weighted by Crippen LogP contribution is -2.16. The van der Waals surface area contributed by atoms with Gasteiger partial charge in [0.2, 0.25) is 6.75 Å². The van der Waals surface area contributed by atoms with Crippen LogP contribution in [-0.2, 0) is 16.4 Å². The number of sulfonamides is 1. The zero-order chi connectivity index (χ0) is 24.3. The number of rotatable bonds is 6. The summed E-state index contributed by atoms with van der Waals surface area (Å²) in [5.74, 6) is -1.41. The van der Waals surface area contributed by atoms with Gasteiger partial charge in [0.25, 0.3) is 15.9 Å². The number of aromatic nitrogens is 1. The molecule has 3 heterocycles. The minimum atomic E-state index is -4.26. The molecule has 0 bridgehead atoms. The largest absolute Gasteiger partial charge is 0.454 e. The summed E-state index contributed by atoms with van der Waals surface area (Å²) in [4.78, 5) is 12.7. The van der Waals surface area contributed by atoms with Gasteiger partial charge in [0.05, 0.1) is 7.62 Å². The second-order valence-electron chi connectivity index (χ2n) is 6.03. The molecule has 1 aliphatic heterocycles. The average Bonchev–Trinajstić information content (AvgIpc) is 3.43. The number of carbonyl (C=O) groups excluding carboxylic acids is 1. The van der Waals surface area contributed by atoms with Gasteiger partial charge in [-0.2, -0.15) is 0 Å². The van der Waals surface area contributed by atoms with E-state index in [1.54, 1.807) is 0 Å². The van der Waals surface area contributed by atoms with Crippen molar-refractivity contribution in [3.63, 3.8) is 0 Å². The number of hydrogen-bond donors (Lipinski definition) is 1. The number of aryl methyl sites for hydroxylation is 1. The predicted octanol–water partition coefficient (Wildman–Crippen LogP) is 3.96. The number of ketones is 1. The monoisotopic (exact) mass is 458 g/mol. The highest BCUT2D eigenvalue weighted by atomic mass is 35.5. The van der Waals surface area contributed by atoms with Gasteiger partial charge >= 0.3 is 0 Å². The van der Waals surface area contributed by atoms with E-state index in [1.807, 2.05) is 0 Å². The number of anilines is 1. The molecule has 1 aliphatic rings. The van der Waals surface area contributed by atoms with Crippen LogP contribution in [0.25, 0.3) is 0 Å². The standard InChI is InChI=1S/C18H15ClN2O6S2/c1-9-5-13-14(26-8-25-13)7-11(9)6-12(22)17-15(3-4-28-17)29(23,24)21-18-16(19)10(2)20-27-18/h3-5,7,21H,6,8H2,1-2H3/i5D,7D,8D2. The van der Waals surface area contributed by atoms with E-state index in [9.17, 15) is 13.2 Å². The van der Waals surface area contributed by atoms with Crippen LogP contribution >= 0.6 is 22.9 Å². The molecule has 4 rings (SSSR count). The van der Waals surface area contributed by atoms with Gasteiger partial charge in [0.15, 0.2) is 17.3 Å². The number of hydrogen-bond acceptors (Lipinski definition) is 8. The zero-order valence-corrected chi connectivity index (χ0v) is 17.3. The van der Waals surface area contributed by atoms with Crippen LogP contribution in [0.1, 0.15) is 32.0 Å². The highest BCUT2D eigenvalue weighted by Gasteiger charge is 2.27. The Morgan fingerprint density at radius 2 is 2.10 bits per heavy atom. The van der Waals surface area contributed by atoms with Crippen molar-refractivity contribution in [1.29, 1.82) is 0 Å². The molecule has 1 aromatic carbocycles. The number of nitrogens with zero attached hydrogens (tertiary/aromatic N) is 1. The van der Waals surface area contributed by atoms with Crippen molar-refractivity contribution in [2.24, 2.45) is 0 Å². The molecule has 8 nitrogen and oxygen atoms in total. The number of halogens is 1. The van der Waals surface area contributed by atoms with Crippen molar-refractivity contribution < 1.29 is 32.7 Å². The molecule has 3 aromatic rings. The first kappa shape index (κ1) is 15.3. The molecule has 0 unspecified atom stereocenters. The molecular weight excluding hydrogens is 440 g/mol. The molecule has 0 spiro atoms. The fraction of sp³-hybridized carbons (Fsp3) is 0.222. The summed E-state index contributed by atoms with van der Waals surface area (Å²) in [7, 11) is -4.26. The maximum Gasteiger partial charge on any atom is 0.265 e. The van der Waals surface area contributed by atoms with Crippen LogP contribution in [0.2, 0.25) is 5.02 Å². The smallest absolute Gasteiger partial charge is 0.265 e. The van der Waals surface area contributed by atoms with Gasteiger partial charge in [0.1, 0.15) is 18.4 Å². The average molecular weight is 459 g/mol. The summed E-state index contributed by atoms with van der Waals surface area (Å²) in [5, 5.41) is 4.99. The summed E-state index contributed by atoms with van der Waals surface area (Å²) in [6.45, 7) is 0.480. The number of fused-ring (bicyclic) bond motifs is 1. The number of carbonyl (C=O) groups is 1. The molecule has 0 saturated heterocycles. The fourth-order valence-corrected chi connectivity index (χ4v) is 5.13. The Balaban J connectivity index is 1.67. The number of thiophene rings is 1. The van der Waals surface area contributed by atoms with Crippen molar-refractivity contribution in [1.82, 2.24) is 5.16 Å². The molecule has 0 saturated carbocycles. The van der Waals surface area contributed by atoms with E-state index in [-0.39, 0.29) is 61.1 Å². The number of nitrogens with one attached hydrogen (secondary N) is 1. The zero-order valence-electron chi connectivity index (χ0n) is 19.0. The van der Waals surface area contributed by atoms with Crippen LogP contribution in [0.3, 0.4) is 0 Å². The van der Waals surface area contributed by atoms with Gasteiger partial charge in [0, 0.05) is 6.42 Å². The summed E-state index contributed by atoms with van der Waals surface area (Å²) < 4.78 is 74.4. The van der Waals surface area contributed by atoms with Gasteiger partial charge in [-0.1, -0.05) is 16.8 Å². The van der Waals surface area contributed by atoms with Crippen molar-refractivity contribution in [3.05, 3.63) is 50.3 Å². The molecule has 1 N–H and O–H groups in total. The first-order valence-corrected chi connectivity index (χ1v) is 10.8. The summed E-state index contributed by atoms with van der Waals surface area (Å²) in [5.41, 5.74) is 0.605. The molecule has 0 amide bonds. The van der Waals surface area contributed by atoms with E-state index in [0.717, 1.165) is 11.3 Å². The Morgan fingerprint density at radius 1 is 1.38 bits per heavy atom. The van der Waals surface area contributed by atoms with Crippen LogP contribution in [0.4, 0.5) is 5.88 Å². The topological polar surface area (TPSA) is 108 Å². The maximum absolute atomic E-state index is 13.1. The van der Waals surface area contributed by atoms with E-state index in [0.29, 0.717) is 0 Å². The lowest BCUT2D eigenvalue weighted by atomic mass is 10.0. The van der Waals surface area contributed by atoms with Crippen molar-refractivity contribution in [3.8, 4) is 11.5 Å². The molecule has 11 heteroatoms. The van der Waals surface area contributed by atoms with Crippen molar-refractivity contribution in [2.75, 3.05) is 11.5 Å². The van der Waals surface area contributed by atoms with Crippen LogP contribution in [0, 0.1) is 13.8 Å². The number of Topliss-reactive ketones (excluding diaryl/α,β-unsaturated/α-hetero) is 1. The Labute approximate surface area is 181 Å². The fourth-order valence-electron chi connectivity index (χ4n) is 2.57. The van der Waals surface area contributed by atoms with Crippen LogP contribution in [0.5, 0.6) is 11.5 Å². The molecule has 0 atom stereocenters. The maximum atomic E-state index is 13.1. The quantitative estimate of drug-likeness (QED) is 0.557. The highest BCUT2D eigenvalue weighted by molar-refractivity contribution is 7.93. The van der Waals surface area contributed by atoms with Gasteiger partial charge in [-0.25, -0.2) is 13.1 Å². The van der Waals surface area contributed by atoms with Crippen molar-refractivity contribution >= 4 is 44.6 Å². The molecule has 0 fully saturated rings. The third-order valence-electron chi connectivity index (χ3n) is 4.04. The lowest BCUT2D eigenvalue weighted by molar-refractivity contribution is 0.0994. The number of benzene rings is 1.